The second-order valence-corrected chi connectivity index (χ2v) is 3.51. The van der Waals surface area contributed by atoms with E-state index >= 15 is 0 Å². The smallest absolute Gasteiger partial charge is 0.332 e. The van der Waals surface area contributed by atoms with E-state index in [1.807, 2.05) is 43.3 Å². The summed E-state index contributed by atoms with van der Waals surface area (Å²) in [5.41, 5.74) is 9.09. The number of hydrogen-bond donors (Lipinski definition) is 2. The fourth-order valence-electron chi connectivity index (χ4n) is 1.40. The van der Waals surface area contributed by atoms with Crippen LogP contribution in [0.1, 0.15) is 25.3 Å². The number of hydrogen-bond acceptors (Lipinski definition) is 2. The first-order valence-corrected chi connectivity index (χ1v) is 5.52. The van der Waals surface area contributed by atoms with Crippen molar-refractivity contribution in [2.75, 3.05) is 0 Å². The maximum Gasteiger partial charge on any atom is 0.332 e. The number of hydrazone groups is 1. The first kappa shape index (κ1) is 13.0. The van der Waals surface area contributed by atoms with Gasteiger partial charge < -0.3 is 5.73 Å². The molecule has 0 saturated carbocycles. The topological polar surface area (TPSA) is 67.5 Å². The highest BCUT2D eigenvalue weighted by atomic mass is 16.2. The molecule has 2 amide bonds. The molecule has 0 radical (unpaired) electrons. The van der Waals surface area contributed by atoms with Crippen LogP contribution in [0.5, 0.6) is 0 Å². The summed E-state index contributed by atoms with van der Waals surface area (Å²) in [4.78, 5) is 10.7. The third kappa shape index (κ3) is 4.97. The molecule has 0 atom stereocenters. The van der Waals surface area contributed by atoms with Gasteiger partial charge in [0.2, 0.25) is 0 Å². The van der Waals surface area contributed by atoms with Crippen LogP contribution >= 0.6 is 0 Å². The fourth-order valence-corrected chi connectivity index (χ4v) is 1.40. The Bertz CT molecular complexity index is 410. The predicted octanol–water partition coefficient (Wildman–Crippen LogP) is 2.42. The molecular formula is C13H17N3O. The van der Waals surface area contributed by atoms with Crippen LogP contribution in [0.4, 0.5) is 4.79 Å². The van der Waals surface area contributed by atoms with Crippen molar-refractivity contribution >= 4 is 11.7 Å². The van der Waals surface area contributed by atoms with Crippen molar-refractivity contribution < 1.29 is 4.79 Å². The summed E-state index contributed by atoms with van der Waals surface area (Å²) < 4.78 is 0. The van der Waals surface area contributed by atoms with Crippen LogP contribution in [-0.4, -0.2) is 11.7 Å². The maximum absolute atomic E-state index is 10.7. The van der Waals surface area contributed by atoms with E-state index in [2.05, 4.69) is 16.6 Å². The minimum absolute atomic E-state index is 0.649. The van der Waals surface area contributed by atoms with E-state index in [4.69, 9.17) is 5.73 Å². The molecule has 0 saturated heterocycles. The normalized spacial score (nSPS) is 11.7. The first-order valence-electron chi connectivity index (χ1n) is 5.52. The Labute approximate surface area is 101 Å². The molecule has 0 aromatic heterocycles. The molecule has 0 fully saturated rings. The van der Waals surface area contributed by atoms with E-state index in [1.165, 1.54) is 0 Å². The summed E-state index contributed by atoms with van der Waals surface area (Å²) >= 11 is 0. The highest BCUT2D eigenvalue weighted by Crippen LogP contribution is 2.06. The predicted molar refractivity (Wildman–Crippen MR) is 69.7 cm³/mol. The summed E-state index contributed by atoms with van der Waals surface area (Å²) in [7, 11) is 0. The van der Waals surface area contributed by atoms with Crippen molar-refractivity contribution in [2.45, 2.75) is 19.8 Å². The Morgan fingerprint density at radius 3 is 2.71 bits per heavy atom. The van der Waals surface area contributed by atoms with Gasteiger partial charge in [0.15, 0.2) is 0 Å². The van der Waals surface area contributed by atoms with Crippen molar-refractivity contribution in [3.63, 3.8) is 0 Å². The van der Waals surface area contributed by atoms with Crippen LogP contribution in [0, 0.1) is 0 Å². The second-order valence-electron chi connectivity index (χ2n) is 3.51. The van der Waals surface area contributed by atoms with E-state index in [0.717, 1.165) is 24.1 Å². The minimum Gasteiger partial charge on any atom is -0.350 e. The number of urea groups is 1. The number of nitrogens with zero attached hydrogens (tertiary/aromatic N) is 1. The van der Waals surface area contributed by atoms with E-state index in [1.54, 1.807) is 0 Å². The SMILES string of the molecule is CC=CCCC(=NNC(N)=O)c1ccccc1. The molecule has 90 valence electrons. The molecule has 1 aromatic rings. The lowest BCUT2D eigenvalue weighted by molar-refractivity contribution is 0.249. The number of primary amides is 1. The Morgan fingerprint density at radius 2 is 2.12 bits per heavy atom. The largest absolute Gasteiger partial charge is 0.350 e. The number of allylic oxidation sites excluding steroid dienone is 2. The van der Waals surface area contributed by atoms with Gasteiger partial charge in [0, 0.05) is 0 Å². The lowest BCUT2D eigenvalue weighted by Crippen LogP contribution is -2.26. The lowest BCUT2D eigenvalue weighted by atomic mass is 10.1. The molecule has 0 aliphatic rings. The van der Waals surface area contributed by atoms with Gasteiger partial charge in [-0.25, -0.2) is 10.2 Å². The molecule has 0 aliphatic carbocycles. The number of benzene rings is 1. The number of rotatable bonds is 5. The molecular weight excluding hydrogens is 214 g/mol. The molecule has 1 aromatic carbocycles. The fraction of sp³-hybridized carbons (Fsp3) is 0.231. The highest BCUT2D eigenvalue weighted by molar-refractivity contribution is 6.01. The quantitative estimate of drug-likeness (QED) is 0.456. The summed E-state index contributed by atoms with van der Waals surface area (Å²) in [6, 6.07) is 9.07. The van der Waals surface area contributed by atoms with E-state index in [9.17, 15) is 4.79 Å². The third-order valence-electron chi connectivity index (χ3n) is 2.19. The zero-order valence-electron chi connectivity index (χ0n) is 9.89. The van der Waals surface area contributed by atoms with Gasteiger partial charge in [-0.2, -0.15) is 5.10 Å². The van der Waals surface area contributed by atoms with Crippen LogP contribution < -0.4 is 11.2 Å². The zero-order chi connectivity index (χ0) is 12.5. The minimum atomic E-state index is -0.649. The first-order chi connectivity index (χ1) is 8.24. The average molecular weight is 231 g/mol. The molecule has 0 unspecified atom stereocenters. The zero-order valence-corrected chi connectivity index (χ0v) is 9.89. The lowest BCUT2D eigenvalue weighted by Gasteiger charge is -2.05. The third-order valence-corrected chi connectivity index (χ3v) is 2.19. The van der Waals surface area contributed by atoms with Gasteiger partial charge in [-0.05, 0) is 25.3 Å². The van der Waals surface area contributed by atoms with Crippen molar-refractivity contribution in [1.82, 2.24) is 5.43 Å². The molecule has 4 heteroatoms. The summed E-state index contributed by atoms with van der Waals surface area (Å²) in [6.07, 6.45) is 5.69. The van der Waals surface area contributed by atoms with Crippen LogP contribution in [0.2, 0.25) is 0 Å². The Morgan fingerprint density at radius 1 is 1.41 bits per heavy atom. The Kier molecular flexibility index (Phi) is 5.51. The molecule has 0 spiro atoms. The molecule has 0 bridgehead atoms. The van der Waals surface area contributed by atoms with E-state index in [0.29, 0.717) is 0 Å². The van der Waals surface area contributed by atoms with Gasteiger partial charge in [-0.15, -0.1) is 0 Å². The number of nitrogens with two attached hydrogens (primary N) is 1. The highest BCUT2D eigenvalue weighted by Gasteiger charge is 2.02. The summed E-state index contributed by atoms with van der Waals surface area (Å²) in [5, 5.41) is 4.02. The van der Waals surface area contributed by atoms with Crippen LogP contribution in [0.15, 0.2) is 47.6 Å². The molecule has 0 aliphatic heterocycles. The maximum atomic E-state index is 10.7. The number of carbonyl (C=O) groups is 1. The van der Waals surface area contributed by atoms with Crippen molar-refractivity contribution in [3.8, 4) is 0 Å². The summed E-state index contributed by atoms with van der Waals surface area (Å²) in [5.74, 6) is 0. The molecule has 1 rings (SSSR count). The standard InChI is InChI=1S/C13H17N3O/c1-2-3-5-10-12(15-16-13(14)17)11-8-6-4-7-9-11/h2-4,6-9H,5,10H2,1H3,(H3,14,16,17). The van der Waals surface area contributed by atoms with Gasteiger partial charge in [0.05, 0.1) is 5.71 Å². The van der Waals surface area contributed by atoms with Gasteiger partial charge in [0.25, 0.3) is 0 Å². The van der Waals surface area contributed by atoms with E-state index < -0.39 is 6.03 Å². The molecule has 0 heterocycles. The monoisotopic (exact) mass is 231 g/mol. The van der Waals surface area contributed by atoms with Crippen LogP contribution in [0.3, 0.4) is 0 Å². The van der Waals surface area contributed by atoms with Gasteiger partial charge in [0.1, 0.15) is 0 Å². The van der Waals surface area contributed by atoms with Gasteiger partial charge in [-0.3, -0.25) is 0 Å². The Balaban J connectivity index is 2.78. The van der Waals surface area contributed by atoms with Crippen LogP contribution in [0.25, 0.3) is 0 Å². The molecule has 3 N–H and O–H groups in total. The molecule has 4 nitrogen and oxygen atoms in total. The van der Waals surface area contributed by atoms with E-state index in [-0.39, 0.29) is 0 Å². The van der Waals surface area contributed by atoms with Gasteiger partial charge >= 0.3 is 6.03 Å². The van der Waals surface area contributed by atoms with Crippen molar-refractivity contribution in [1.29, 1.82) is 0 Å². The number of nitrogens with one attached hydrogen (secondary N) is 1. The van der Waals surface area contributed by atoms with Crippen molar-refractivity contribution in [2.24, 2.45) is 10.8 Å². The van der Waals surface area contributed by atoms with Gasteiger partial charge in [-0.1, -0.05) is 42.5 Å². The van der Waals surface area contributed by atoms with Crippen LogP contribution in [-0.2, 0) is 0 Å². The number of carbonyl (C=O) groups excluding carboxylic acids is 1. The average Bonchev–Trinajstić information content (AvgIpc) is 2.34. The van der Waals surface area contributed by atoms with Crippen molar-refractivity contribution in [3.05, 3.63) is 48.0 Å². The molecule has 17 heavy (non-hydrogen) atoms. The summed E-state index contributed by atoms with van der Waals surface area (Å²) in [6.45, 7) is 1.97. The second kappa shape index (κ2) is 7.22. The number of amides is 2. The Hall–Kier alpha value is -2.10.